The molecule has 0 radical (unpaired) electrons. The minimum Gasteiger partial charge on any atom is -0.381 e. The highest BCUT2D eigenvalue weighted by atomic mass is 79.9. The smallest absolute Gasteiger partial charge is 0.143 e. The lowest BCUT2D eigenvalue weighted by molar-refractivity contribution is 0.136. The van der Waals surface area contributed by atoms with Crippen molar-refractivity contribution in [3.8, 4) is 0 Å². The average Bonchev–Trinajstić information content (AvgIpc) is 2.66. The van der Waals surface area contributed by atoms with Crippen LogP contribution in [-0.4, -0.2) is 28.0 Å². The maximum Gasteiger partial charge on any atom is 0.143 e. The number of nitrogens with zero attached hydrogens (tertiary/aromatic N) is 3. The summed E-state index contributed by atoms with van der Waals surface area (Å²) < 4.78 is 7.70. The third-order valence-electron chi connectivity index (χ3n) is 2.39. The van der Waals surface area contributed by atoms with Crippen molar-refractivity contribution in [1.29, 1.82) is 0 Å². The second-order valence-electron chi connectivity index (χ2n) is 4.53. The van der Waals surface area contributed by atoms with Gasteiger partial charge in [-0.05, 0) is 12.3 Å². The Bertz CT molecular complexity index is 326. The number of halogens is 1. The normalized spacial score (nSPS) is 11.4. The third kappa shape index (κ3) is 4.76. The van der Waals surface area contributed by atoms with Gasteiger partial charge in [0, 0.05) is 19.6 Å². The van der Waals surface area contributed by atoms with Crippen molar-refractivity contribution in [1.82, 2.24) is 14.8 Å². The van der Waals surface area contributed by atoms with Gasteiger partial charge in [0.05, 0.1) is 11.9 Å². The van der Waals surface area contributed by atoms with E-state index in [1.165, 1.54) is 0 Å². The van der Waals surface area contributed by atoms with Gasteiger partial charge >= 0.3 is 0 Å². The van der Waals surface area contributed by atoms with Gasteiger partial charge in [0.1, 0.15) is 11.6 Å². The first-order valence-electron chi connectivity index (χ1n) is 6.23. The molecule has 1 rings (SSSR count). The van der Waals surface area contributed by atoms with Gasteiger partial charge in [-0.2, -0.15) is 0 Å². The summed E-state index contributed by atoms with van der Waals surface area (Å²) >= 11 is 3.45. The van der Waals surface area contributed by atoms with Crippen molar-refractivity contribution >= 4 is 15.9 Å². The molecule has 5 heteroatoms. The molecule has 0 aromatic carbocycles. The predicted molar refractivity (Wildman–Crippen MR) is 72.3 cm³/mol. The van der Waals surface area contributed by atoms with Crippen molar-refractivity contribution in [3.63, 3.8) is 0 Å². The lowest BCUT2D eigenvalue weighted by Gasteiger charge is -2.11. The van der Waals surface area contributed by atoms with Crippen LogP contribution < -0.4 is 0 Å². The molecule has 0 aliphatic rings. The van der Waals surface area contributed by atoms with E-state index >= 15 is 0 Å². The van der Waals surface area contributed by atoms with E-state index < -0.39 is 0 Å². The molecule has 98 valence electrons. The summed E-state index contributed by atoms with van der Waals surface area (Å²) in [5.74, 6) is 2.63. The molecule has 0 fully saturated rings. The number of ether oxygens (including phenoxy) is 1. The molecule has 0 aliphatic heterocycles. The van der Waals surface area contributed by atoms with Gasteiger partial charge in [0.25, 0.3) is 0 Å². The zero-order valence-electron chi connectivity index (χ0n) is 10.9. The van der Waals surface area contributed by atoms with Crippen molar-refractivity contribution in [2.45, 2.75) is 45.5 Å². The van der Waals surface area contributed by atoms with E-state index in [2.05, 4.69) is 51.5 Å². The Hall–Kier alpha value is -0.420. The topological polar surface area (TPSA) is 39.9 Å². The van der Waals surface area contributed by atoms with E-state index in [9.17, 15) is 0 Å². The second kappa shape index (κ2) is 7.82. The maximum atomic E-state index is 5.50. The summed E-state index contributed by atoms with van der Waals surface area (Å²) in [6.07, 6.45) is 1.90. The van der Waals surface area contributed by atoms with Crippen molar-refractivity contribution in [2.24, 2.45) is 5.92 Å². The zero-order chi connectivity index (χ0) is 12.7. The molecular weight excluding hydrogens is 282 g/mol. The standard InChI is InChI=1S/C12H22BrN3O/c1-4-6-17-7-5-11-14-15-12(8-13)16(11)9-10(2)3/h10H,4-9H2,1-3H3. The Balaban J connectivity index is 2.60. The number of hydrogen-bond donors (Lipinski definition) is 0. The number of hydrogen-bond acceptors (Lipinski definition) is 3. The fraction of sp³-hybridized carbons (Fsp3) is 0.833. The average molecular weight is 304 g/mol. The highest BCUT2D eigenvalue weighted by Crippen LogP contribution is 2.10. The van der Waals surface area contributed by atoms with Gasteiger partial charge in [-0.1, -0.05) is 36.7 Å². The zero-order valence-corrected chi connectivity index (χ0v) is 12.5. The van der Waals surface area contributed by atoms with Crippen molar-refractivity contribution < 1.29 is 4.74 Å². The van der Waals surface area contributed by atoms with Crippen LogP contribution in [-0.2, 0) is 23.0 Å². The van der Waals surface area contributed by atoms with E-state index in [-0.39, 0.29) is 0 Å². The van der Waals surface area contributed by atoms with Gasteiger partial charge in [0.2, 0.25) is 0 Å². The minimum absolute atomic E-state index is 0.596. The van der Waals surface area contributed by atoms with Crippen LogP contribution in [0.25, 0.3) is 0 Å². The van der Waals surface area contributed by atoms with E-state index in [0.717, 1.165) is 49.6 Å². The molecule has 0 N–H and O–H groups in total. The highest BCUT2D eigenvalue weighted by Gasteiger charge is 2.11. The van der Waals surface area contributed by atoms with Crippen LogP contribution in [0.5, 0.6) is 0 Å². The largest absolute Gasteiger partial charge is 0.381 e. The first-order chi connectivity index (χ1) is 8.19. The first kappa shape index (κ1) is 14.6. The molecule has 0 saturated heterocycles. The SMILES string of the molecule is CCCOCCc1nnc(CBr)n1CC(C)C. The fourth-order valence-electron chi connectivity index (χ4n) is 1.64. The monoisotopic (exact) mass is 303 g/mol. The molecule has 0 spiro atoms. The number of rotatable bonds is 8. The van der Waals surface area contributed by atoms with Gasteiger partial charge in [0.15, 0.2) is 0 Å². The number of aromatic nitrogens is 3. The number of alkyl halides is 1. The highest BCUT2D eigenvalue weighted by molar-refractivity contribution is 9.08. The Morgan fingerprint density at radius 3 is 2.53 bits per heavy atom. The Labute approximate surface area is 112 Å². The second-order valence-corrected chi connectivity index (χ2v) is 5.09. The molecule has 0 saturated carbocycles. The van der Waals surface area contributed by atoms with Crippen LogP contribution in [0.3, 0.4) is 0 Å². The molecule has 17 heavy (non-hydrogen) atoms. The summed E-state index contributed by atoms with van der Waals surface area (Å²) in [4.78, 5) is 0. The molecule has 1 aromatic heterocycles. The van der Waals surface area contributed by atoms with Crippen molar-refractivity contribution in [3.05, 3.63) is 11.6 Å². The molecular formula is C12H22BrN3O. The van der Waals surface area contributed by atoms with E-state index in [1.807, 2.05) is 0 Å². The minimum atomic E-state index is 0.596. The van der Waals surface area contributed by atoms with Gasteiger partial charge < -0.3 is 9.30 Å². The van der Waals surface area contributed by atoms with Crippen LogP contribution in [0.1, 0.15) is 38.8 Å². The quantitative estimate of drug-likeness (QED) is 0.548. The first-order valence-corrected chi connectivity index (χ1v) is 7.35. The summed E-state index contributed by atoms with van der Waals surface area (Å²) in [7, 11) is 0. The molecule has 1 aromatic rings. The van der Waals surface area contributed by atoms with Crippen LogP contribution in [0, 0.1) is 5.92 Å². The van der Waals surface area contributed by atoms with Crippen LogP contribution in [0.4, 0.5) is 0 Å². The van der Waals surface area contributed by atoms with E-state index in [1.54, 1.807) is 0 Å². The van der Waals surface area contributed by atoms with Crippen LogP contribution in [0.15, 0.2) is 0 Å². The summed E-state index contributed by atoms with van der Waals surface area (Å²) in [6.45, 7) is 9.04. The van der Waals surface area contributed by atoms with Crippen molar-refractivity contribution in [2.75, 3.05) is 13.2 Å². The Morgan fingerprint density at radius 1 is 1.24 bits per heavy atom. The van der Waals surface area contributed by atoms with Crippen LogP contribution >= 0.6 is 15.9 Å². The maximum absolute atomic E-state index is 5.50. The molecule has 0 bridgehead atoms. The summed E-state index contributed by atoms with van der Waals surface area (Å²) in [5, 5.41) is 9.19. The lowest BCUT2D eigenvalue weighted by atomic mass is 10.2. The Morgan fingerprint density at radius 2 is 1.94 bits per heavy atom. The summed E-state index contributed by atoms with van der Waals surface area (Å²) in [5.41, 5.74) is 0. The lowest BCUT2D eigenvalue weighted by Crippen LogP contribution is -2.13. The van der Waals surface area contributed by atoms with Gasteiger partial charge in [-0.15, -0.1) is 10.2 Å². The van der Waals surface area contributed by atoms with E-state index in [0.29, 0.717) is 5.92 Å². The Kier molecular flexibility index (Phi) is 6.73. The predicted octanol–water partition coefficient (Wildman–Crippen LogP) is 2.80. The molecule has 0 aliphatic carbocycles. The van der Waals surface area contributed by atoms with Crippen LogP contribution in [0.2, 0.25) is 0 Å². The fourth-order valence-corrected chi connectivity index (χ4v) is 2.06. The molecule has 0 unspecified atom stereocenters. The molecule has 4 nitrogen and oxygen atoms in total. The van der Waals surface area contributed by atoms with Gasteiger partial charge in [-0.25, -0.2) is 0 Å². The summed E-state index contributed by atoms with van der Waals surface area (Å²) in [6, 6.07) is 0. The molecule has 0 atom stereocenters. The third-order valence-corrected chi connectivity index (χ3v) is 2.89. The molecule has 0 amide bonds. The molecule has 1 heterocycles. The van der Waals surface area contributed by atoms with Gasteiger partial charge in [-0.3, -0.25) is 0 Å². The van der Waals surface area contributed by atoms with E-state index in [4.69, 9.17) is 4.74 Å².